The first-order valence-electron chi connectivity index (χ1n) is 11.9. The minimum atomic E-state index is -3.99. The smallest absolute Gasteiger partial charge is 0.410 e. The van der Waals surface area contributed by atoms with Crippen LogP contribution >= 0.6 is 0 Å². The maximum Gasteiger partial charge on any atom is 0.410 e. The number of rotatable bonds is 5. The van der Waals surface area contributed by atoms with E-state index in [0.717, 1.165) is 5.56 Å². The number of nitrogens with one attached hydrogen (secondary N) is 2. The second-order valence-electron chi connectivity index (χ2n) is 9.99. The van der Waals surface area contributed by atoms with Gasteiger partial charge in [-0.1, -0.05) is 12.1 Å². The number of aromatic nitrogens is 3. The highest BCUT2D eigenvalue weighted by atomic mass is 32.2. The zero-order valence-corrected chi connectivity index (χ0v) is 21.7. The van der Waals surface area contributed by atoms with Gasteiger partial charge < -0.3 is 19.9 Å². The van der Waals surface area contributed by atoms with E-state index < -0.39 is 27.4 Å². The monoisotopic (exact) mass is 513 g/mol. The first-order valence-corrected chi connectivity index (χ1v) is 13.3. The fourth-order valence-electron chi connectivity index (χ4n) is 4.11. The number of fused-ring (bicyclic) bond motifs is 1. The van der Waals surface area contributed by atoms with Gasteiger partial charge in [0.15, 0.2) is 10.7 Å². The van der Waals surface area contributed by atoms with Crippen LogP contribution < -0.4 is 5.32 Å². The lowest BCUT2D eigenvalue weighted by Crippen LogP contribution is -2.47. The third-order valence-corrected chi connectivity index (χ3v) is 7.56. The summed E-state index contributed by atoms with van der Waals surface area (Å²) in [7, 11) is -3.99. The van der Waals surface area contributed by atoms with Crippen LogP contribution in [0.5, 0.6) is 0 Å². The Kier molecular flexibility index (Phi) is 7.03. The van der Waals surface area contributed by atoms with Crippen LogP contribution in [0, 0.1) is 12.8 Å². The molecule has 2 amide bonds. The summed E-state index contributed by atoms with van der Waals surface area (Å²) in [5.41, 5.74) is 1.16. The molecule has 1 fully saturated rings. The van der Waals surface area contributed by atoms with Gasteiger partial charge in [-0.05, 0) is 64.3 Å². The van der Waals surface area contributed by atoms with Gasteiger partial charge in [-0.2, -0.15) is 0 Å². The first-order chi connectivity index (χ1) is 16.9. The van der Waals surface area contributed by atoms with Gasteiger partial charge in [0, 0.05) is 19.3 Å². The lowest BCUT2D eigenvalue weighted by molar-refractivity contribution is -0.126. The summed E-state index contributed by atoms with van der Waals surface area (Å²) < 4.78 is 32.4. The molecule has 1 atom stereocenters. The Morgan fingerprint density at radius 3 is 2.72 bits per heavy atom. The number of aromatic amines is 1. The van der Waals surface area contributed by atoms with E-state index >= 15 is 0 Å². The number of likely N-dealkylation sites (tertiary alicyclic amines) is 1. The van der Waals surface area contributed by atoms with Crippen LogP contribution in [0.2, 0.25) is 0 Å². The van der Waals surface area contributed by atoms with Crippen molar-refractivity contribution in [3.05, 3.63) is 47.8 Å². The Balaban J connectivity index is 1.54. The molecule has 1 aliphatic heterocycles. The number of carbonyl (C=O) groups excluding carboxylic acids is 2. The van der Waals surface area contributed by atoms with E-state index in [1.165, 1.54) is 11.0 Å². The molecule has 10 nitrogen and oxygen atoms in total. The molecule has 1 aliphatic rings. The topological polar surface area (TPSA) is 134 Å². The Labute approximate surface area is 210 Å². The van der Waals surface area contributed by atoms with Crippen molar-refractivity contribution in [3.8, 4) is 0 Å². The summed E-state index contributed by atoms with van der Waals surface area (Å²) in [6.45, 7) is 7.84. The predicted molar refractivity (Wildman–Crippen MR) is 133 cm³/mol. The molecule has 2 aromatic heterocycles. The van der Waals surface area contributed by atoms with Gasteiger partial charge in [0.25, 0.3) is 0 Å². The van der Waals surface area contributed by atoms with Crippen LogP contribution in [0.15, 0.2) is 46.5 Å². The Morgan fingerprint density at radius 1 is 1.22 bits per heavy atom. The van der Waals surface area contributed by atoms with Crippen LogP contribution in [0.25, 0.3) is 11.2 Å². The van der Waals surface area contributed by atoms with Gasteiger partial charge in [0.2, 0.25) is 15.7 Å². The van der Waals surface area contributed by atoms with Crippen molar-refractivity contribution in [1.29, 1.82) is 0 Å². The number of benzene rings is 1. The Morgan fingerprint density at radius 2 is 2.00 bits per heavy atom. The van der Waals surface area contributed by atoms with E-state index in [1.54, 1.807) is 45.2 Å². The zero-order chi connectivity index (χ0) is 26.1. The molecule has 1 aromatic carbocycles. The average Bonchev–Trinajstić information content (AvgIpc) is 3.28. The molecular formula is C25H31N5O5S. The average molecular weight is 514 g/mol. The highest BCUT2D eigenvalue weighted by Gasteiger charge is 2.32. The maximum atomic E-state index is 13.5. The second kappa shape index (κ2) is 9.88. The molecule has 0 radical (unpaired) electrons. The van der Waals surface area contributed by atoms with Crippen molar-refractivity contribution in [2.24, 2.45) is 5.92 Å². The predicted octanol–water partition coefficient (Wildman–Crippen LogP) is 3.36. The normalized spacial score (nSPS) is 16.7. The first kappa shape index (κ1) is 25.6. The van der Waals surface area contributed by atoms with Gasteiger partial charge >= 0.3 is 6.09 Å². The number of hydrogen-bond acceptors (Lipinski definition) is 7. The molecule has 0 saturated carbocycles. The molecule has 11 heteroatoms. The van der Waals surface area contributed by atoms with Crippen molar-refractivity contribution in [1.82, 2.24) is 25.2 Å². The summed E-state index contributed by atoms with van der Waals surface area (Å²) in [6.07, 6.45) is 2.46. The molecular weight excluding hydrogens is 482 g/mol. The number of nitrogens with zero attached hydrogens (tertiary/aromatic N) is 3. The van der Waals surface area contributed by atoms with Gasteiger partial charge in [-0.3, -0.25) is 4.79 Å². The van der Waals surface area contributed by atoms with Gasteiger partial charge in [-0.25, -0.2) is 23.2 Å². The van der Waals surface area contributed by atoms with Crippen molar-refractivity contribution < 1.29 is 22.7 Å². The molecule has 0 bridgehead atoms. The van der Waals surface area contributed by atoms with Crippen molar-refractivity contribution >= 4 is 33.0 Å². The van der Waals surface area contributed by atoms with E-state index in [1.807, 2.05) is 13.0 Å². The van der Waals surface area contributed by atoms with Gasteiger partial charge in [-0.15, -0.1) is 0 Å². The molecule has 192 valence electrons. The quantitative estimate of drug-likeness (QED) is 0.534. The fourth-order valence-corrected chi connectivity index (χ4v) is 5.58. The Hall–Kier alpha value is -3.47. The third-order valence-electron chi connectivity index (χ3n) is 5.85. The third kappa shape index (κ3) is 5.67. The molecule has 0 aliphatic carbocycles. The highest BCUT2D eigenvalue weighted by Crippen LogP contribution is 2.25. The molecule has 0 spiro atoms. The number of H-pyrrole nitrogens is 1. The number of amides is 2. The van der Waals surface area contributed by atoms with E-state index in [0.29, 0.717) is 30.6 Å². The lowest BCUT2D eigenvalue weighted by atomic mass is 9.97. The largest absolute Gasteiger partial charge is 0.444 e. The zero-order valence-electron chi connectivity index (χ0n) is 20.9. The van der Waals surface area contributed by atoms with E-state index in [-0.39, 0.29) is 34.6 Å². The van der Waals surface area contributed by atoms with Crippen LogP contribution in [-0.2, 0) is 25.9 Å². The maximum absolute atomic E-state index is 13.5. The van der Waals surface area contributed by atoms with Gasteiger partial charge in [0.05, 0.1) is 23.1 Å². The number of piperidine rings is 1. The number of ether oxygens (including phenoxy) is 1. The molecule has 3 heterocycles. The van der Waals surface area contributed by atoms with Crippen molar-refractivity contribution in [2.45, 2.75) is 62.6 Å². The summed E-state index contributed by atoms with van der Waals surface area (Å²) >= 11 is 0. The molecule has 4 rings (SSSR count). The van der Waals surface area contributed by atoms with E-state index in [9.17, 15) is 18.0 Å². The second-order valence-corrected chi connectivity index (χ2v) is 11.9. The minimum Gasteiger partial charge on any atom is -0.444 e. The van der Waals surface area contributed by atoms with Crippen LogP contribution in [0.4, 0.5) is 4.79 Å². The molecule has 0 unspecified atom stereocenters. The molecule has 36 heavy (non-hydrogen) atoms. The SMILES string of the molecule is Cc1cccc(S(=O)(=O)c2nc3[nH]ccc3nc2CNC(=O)[C@@H]2CCCN(C(=O)OC(C)(C)C)C2)c1. The summed E-state index contributed by atoms with van der Waals surface area (Å²) in [4.78, 5) is 38.8. The number of sulfone groups is 1. The van der Waals surface area contributed by atoms with E-state index in [2.05, 4.69) is 20.3 Å². The van der Waals surface area contributed by atoms with Crippen LogP contribution in [0.1, 0.15) is 44.9 Å². The standard InChI is InChI=1S/C25H31N5O5S/c1-16-7-5-9-18(13-16)36(33,34)23-20(28-19-10-11-26-21(19)29-23)14-27-22(31)17-8-6-12-30(15-17)24(32)35-25(2,3)4/h5,7,9-11,13,17H,6,8,12,14-15H2,1-4H3,(H,26,29)(H,27,31)/t17-/m1/s1. The fraction of sp³-hybridized carbons (Fsp3) is 0.440. The Bertz CT molecular complexity index is 1390. The van der Waals surface area contributed by atoms with Crippen molar-refractivity contribution in [3.63, 3.8) is 0 Å². The van der Waals surface area contributed by atoms with E-state index in [4.69, 9.17) is 4.74 Å². The number of aryl methyl sites for hydroxylation is 1. The highest BCUT2D eigenvalue weighted by molar-refractivity contribution is 7.91. The van der Waals surface area contributed by atoms with Crippen LogP contribution in [0.3, 0.4) is 0 Å². The van der Waals surface area contributed by atoms with Gasteiger partial charge in [0.1, 0.15) is 11.1 Å². The lowest BCUT2D eigenvalue weighted by Gasteiger charge is -2.33. The molecule has 2 N–H and O–H groups in total. The number of carbonyl (C=O) groups is 2. The van der Waals surface area contributed by atoms with Crippen LogP contribution in [-0.4, -0.2) is 59.0 Å². The number of hydrogen-bond donors (Lipinski definition) is 2. The molecule has 3 aromatic rings. The molecule has 1 saturated heterocycles. The summed E-state index contributed by atoms with van der Waals surface area (Å²) in [6, 6.07) is 8.26. The van der Waals surface area contributed by atoms with Crippen molar-refractivity contribution in [2.75, 3.05) is 13.1 Å². The summed E-state index contributed by atoms with van der Waals surface area (Å²) in [5, 5.41) is 2.61. The minimum absolute atomic E-state index is 0.107. The summed E-state index contributed by atoms with van der Waals surface area (Å²) in [5.74, 6) is -0.717.